The first-order valence-electron chi connectivity index (χ1n) is 6.90. The maximum Gasteiger partial charge on any atom is 0.224 e. The second-order valence-electron chi connectivity index (χ2n) is 4.52. The van der Waals surface area contributed by atoms with E-state index < -0.39 is 0 Å². The highest BCUT2D eigenvalue weighted by molar-refractivity contribution is 6.31. The normalized spacial score (nSPS) is 10.2. The second kappa shape index (κ2) is 7.69. The molecule has 0 spiro atoms. The summed E-state index contributed by atoms with van der Waals surface area (Å²) in [5.41, 5.74) is 0.767. The van der Waals surface area contributed by atoms with Crippen molar-refractivity contribution >= 4 is 29.1 Å². The van der Waals surface area contributed by atoms with E-state index in [-0.39, 0.29) is 0 Å². The van der Waals surface area contributed by atoms with E-state index in [2.05, 4.69) is 27.5 Å². The fraction of sp³-hybridized carbons (Fsp3) is 0.333. The van der Waals surface area contributed by atoms with Crippen molar-refractivity contribution in [2.24, 2.45) is 0 Å². The molecule has 1 aromatic carbocycles. The van der Waals surface area contributed by atoms with Crippen LogP contribution in [0.5, 0.6) is 5.75 Å². The van der Waals surface area contributed by atoms with Crippen molar-refractivity contribution in [3.8, 4) is 5.75 Å². The number of hydrogen-bond acceptors (Lipinski definition) is 5. The average molecular weight is 307 g/mol. The molecule has 0 saturated carbocycles. The molecule has 2 rings (SSSR count). The van der Waals surface area contributed by atoms with Crippen molar-refractivity contribution in [1.82, 2.24) is 9.97 Å². The molecule has 0 aliphatic carbocycles. The number of ether oxygens (including phenoxy) is 1. The SMILES string of the molecule is CCCCNc1nccc(Nc2cc(Cl)ccc2OC)n1. The quantitative estimate of drug-likeness (QED) is 0.754. The van der Waals surface area contributed by atoms with Crippen molar-refractivity contribution in [3.63, 3.8) is 0 Å². The lowest BCUT2D eigenvalue weighted by molar-refractivity contribution is 0.417. The Morgan fingerprint density at radius 1 is 1.29 bits per heavy atom. The van der Waals surface area contributed by atoms with Crippen LogP contribution in [0.1, 0.15) is 19.8 Å². The first-order chi connectivity index (χ1) is 10.2. The molecule has 0 radical (unpaired) electrons. The van der Waals surface area contributed by atoms with E-state index in [1.807, 2.05) is 6.07 Å². The standard InChI is InChI=1S/C15H19ClN4O/c1-3-4-8-17-15-18-9-7-14(20-15)19-12-10-11(16)5-6-13(12)21-2/h5-7,9-10H,3-4,8H2,1-2H3,(H2,17,18,19,20). The Kier molecular flexibility index (Phi) is 5.63. The van der Waals surface area contributed by atoms with Gasteiger partial charge in [-0.3, -0.25) is 0 Å². The molecule has 1 heterocycles. The molecule has 0 atom stereocenters. The van der Waals surface area contributed by atoms with E-state index in [0.29, 0.717) is 22.5 Å². The highest BCUT2D eigenvalue weighted by Crippen LogP contribution is 2.29. The van der Waals surface area contributed by atoms with Crippen LogP contribution in [-0.2, 0) is 0 Å². The minimum Gasteiger partial charge on any atom is -0.495 e. The predicted molar refractivity (Wildman–Crippen MR) is 86.7 cm³/mol. The molecule has 21 heavy (non-hydrogen) atoms. The van der Waals surface area contributed by atoms with Crippen LogP contribution in [0.25, 0.3) is 0 Å². The number of nitrogens with zero attached hydrogens (tertiary/aromatic N) is 2. The fourth-order valence-corrected chi connectivity index (χ4v) is 1.98. The van der Waals surface area contributed by atoms with Crippen LogP contribution in [0.4, 0.5) is 17.5 Å². The van der Waals surface area contributed by atoms with E-state index in [9.17, 15) is 0 Å². The second-order valence-corrected chi connectivity index (χ2v) is 4.95. The summed E-state index contributed by atoms with van der Waals surface area (Å²) in [5, 5.41) is 7.02. The molecule has 0 aliphatic heterocycles. The van der Waals surface area contributed by atoms with Crippen LogP contribution < -0.4 is 15.4 Å². The van der Waals surface area contributed by atoms with Crippen LogP contribution in [-0.4, -0.2) is 23.6 Å². The van der Waals surface area contributed by atoms with E-state index >= 15 is 0 Å². The monoisotopic (exact) mass is 306 g/mol. The van der Waals surface area contributed by atoms with E-state index in [1.165, 1.54) is 0 Å². The lowest BCUT2D eigenvalue weighted by Gasteiger charge is -2.11. The third-order valence-electron chi connectivity index (χ3n) is 2.89. The number of rotatable bonds is 7. The largest absolute Gasteiger partial charge is 0.495 e. The van der Waals surface area contributed by atoms with Crippen LogP contribution in [0.15, 0.2) is 30.5 Å². The van der Waals surface area contributed by atoms with Gasteiger partial charge in [0.25, 0.3) is 0 Å². The van der Waals surface area contributed by atoms with Gasteiger partial charge in [-0.25, -0.2) is 4.98 Å². The molecular weight excluding hydrogens is 288 g/mol. The Balaban J connectivity index is 2.12. The number of aromatic nitrogens is 2. The van der Waals surface area contributed by atoms with Crippen LogP contribution in [0.2, 0.25) is 5.02 Å². The van der Waals surface area contributed by atoms with Gasteiger partial charge in [-0.05, 0) is 30.7 Å². The van der Waals surface area contributed by atoms with Gasteiger partial charge in [-0.2, -0.15) is 4.98 Å². The van der Waals surface area contributed by atoms with Crippen LogP contribution in [0, 0.1) is 0 Å². The lowest BCUT2D eigenvalue weighted by atomic mass is 10.3. The number of nitrogens with one attached hydrogen (secondary N) is 2. The summed E-state index contributed by atoms with van der Waals surface area (Å²) >= 11 is 6.02. The molecule has 6 heteroatoms. The molecule has 2 N–H and O–H groups in total. The maximum atomic E-state index is 6.02. The van der Waals surface area contributed by atoms with E-state index in [1.54, 1.807) is 31.5 Å². The van der Waals surface area contributed by atoms with Crippen LogP contribution in [0.3, 0.4) is 0 Å². The zero-order chi connectivity index (χ0) is 15.1. The molecular formula is C15H19ClN4O. The molecule has 0 unspecified atom stereocenters. The number of benzene rings is 1. The molecule has 0 amide bonds. The van der Waals surface area contributed by atoms with Crippen molar-refractivity contribution in [1.29, 1.82) is 0 Å². The van der Waals surface area contributed by atoms with Crippen LogP contribution >= 0.6 is 11.6 Å². The average Bonchev–Trinajstić information content (AvgIpc) is 2.48. The number of methoxy groups -OCH3 is 1. The van der Waals surface area contributed by atoms with Gasteiger partial charge >= 0.3 is 0 Å². The van der Waals surface area contributed by atoms with Gasteiger partial charge in [-0.1, -0.05) is 24.9 Å². The van der Waals surface area contributed by atoms with Gasteiger partial charge < -0.3 is 15.4 Å². The van der Waals surface area contributed by atoms with E-state index in [4.69, 9.17) is 16.3 Å². The van der Waals surface area contributed by atoms with Crippen molar-refractivity contribution in [2.45, 2.75) is 19.8 Å². The van der Waals surface area contributed by atoms with Crippen molar-refractivity contribution in [2.75, 3.05) is 24.3 Å². The first kappa shape index (κ1) is 15.4. The van der Waals surface area contributed by atoms with Gasteiger partial charge in [0, 0.05) is 17.8 Å². The summed E-state index contributed by atoms with van der Waals surface area (Å²) in [7, 11) is 1.62. The number of hydrogen-bond donors (Lipinski definition) is 2. The minimum absolute atomic E-state index is 0.606. The molecule has 0 fully saturated rings. The Morgan fingerprint density at radius 3 is 2.90 bits per heavy atom. The Morgan fingerprint density at radius 2 is 2.14 bits per heavy atom. The summed E-state index contributed by atoms with van der Waals surface area (Å²) in [6.07, 6.45) is 3.93. The van der Waals surface area contributed by atoms with Crippen molar-refractivity contribution < 1.29 is 4.74 Å². The molecule has 0 bridgehead atoms. The van der Waals surface area contributed by atoms with Gasteiger partial charge in [0.2, 0.25) is 5.95 Å². The first-order valence-corrected chi connectivity index (χ1v) is 7.28. The zero-order valence-electron chi connectivity index (χ0n) is 12.2. The van der Waals surface area contributed by atoms with Gasteiger partial charge in [0.1, 0.15) is 11.6 Å². The van der Waals surface area contributed by atoms with Gasteiger partial charge in [0.05, 0.1) is 12.8 Å². The Hall–Kier alpha value is -2.01. The third kappa shape index (κ3) is 4.49. The molecule has 0 saturated heterocycles. The summed E-state index contributed by atoms with van der Waals surface area (Å²) < 4.78 is 5.30. The summed E-state index contributed by atoms with van der Waals surface area (Å²) in [5.74, 6) is 2.00. The highest BCUT2D eigenvalue weighted by atomic mass is 35.5. The molecule has 0 aliphatic rings. The van der Waals surface area contributed by atoms with Gasteiger partial charge in [0.15, 0.2) is 0 Å². The molecule has 112 valence electrons. The number of anilines is 3. The van der Waals surface area contributed by atoms with Crippen molar-refractivity contribution in [3.05, 3.63) is 35.5 Å². The molecule has 2 aromatic rings. The van der Waals surface area contributed by atoms with E-state index in [0.717, 1.165) is 25.1 Å². The highest BCUT2D eigenvalue weighted by Gasteiger charge is 2.06. The maximum absolute atomic E-state index is 6.02. The number of halogens is 1. The predicted octanol–water partition coefficient (Wildman–Crippen LogP) is 4.09. The summed E-state index contributed by atoms with van der Waals surface area (Å²) in [6.45, 7) is 3.01. The number of unbranched alkanes of at least 4 members (excludes halogenated alkanes) is 1. The molecule has 5 nitrogen and oxygen atoms in total. The molecule has 1 aromatic heterocycles. The van der Waals surface area contributed by atoms with Gasteiger partial charge in [-0.15, -0.1) is 0 Å². The Bertz CT molecular complexity index is 592. The fourth-order valence-electron chi connectivity index (χ4n) is 1.81. The topological polar surface area (TPSA) is 59.1 Å². The summed E-state index contributed by atoms with van der Waals surface area (Å²) in [6, 6.07) is 7.19. The third-order valence-corrected chi connectivity index (χ3v) is 3.13. The summed E-state index contributed by atoms with van der Waals surface area (Å²) in [4.78, 5) is 8.61. The Labute approximate surface area is 129 Å². The smallest absolute Gasteiger partial charge is 0.224 e. The zero-order valence-corrected chi connectivity index (χ0v) is 12.9. The minimum atomic E-state index is 0.606. The lowest BCUT2D eigenvalue weighted by Crippen LogP contribution is -2.06.